The summed E-state index contributed by atoms with van der Waals surface area (Å²) in [6.45, 7) is 0.0386. The van der Waals surface area contributed by atoms with E-state index in [4.69, 9.17) is 9.52 Å². The van der Waals surface area contributed by atoms with Crippen molar-refractivity contribution in [3.8, 4) is 0 Å². The van der Waals surface area contributed by atoms with Gasteiger partial charge in [0.2, 0.25) is 0 Å². The summed E-state index contributed by atoms with van der Waals surface area (Å²) in [5.74, 6) is 1.55. The minimum atomic E-state index is -0.117. The van der Waals surface area contributed by atoms with Gasteiger partial charge < -0.3 is 19.7 Å². The van der Waals surface area contributed by atoms with Gasteiger partial charge in [-0.05, 0) is 13.1 Å². The maximum Gasteiger partial charge on any atom is 0.195 e. The molecule has 0 aliphatic heterocycles. The van der Waals surface area contributed by atoms with E-state index in [1.165, 1.54) is 0 Å². The van der Waals surface area contributed by atoms with Crippen LogP contribution in [0.2, 0.25) is 0 Å². The van der Waals surface area contributed by atoms with Crippen molar-refractivity contribution >= 4 is 5.88 Å². The minimum absolute atomic E-state index is 0.0386. The number of furan rings is 1. The van der Waals surface area contributed by atoms with Crippen molar-refractivity contribution < 1.29 is 9.52 Å². The van der Waals surface area contributed by atoms with Gasteiger partial charge in [-0.2, -0.15) is 0 Å². The predicted molar refractivity (Wildman–Crippen MR) is 51.9 cm³/mol. The van der Waals surface area contributed by atoms with Crippen LogP contribution < -0.4 is 10.2 Å². The van der Waals surface area contributed by atoms with Gasteiger partial charge in [0, 0.05) is 20.2 Å². The fraction of sp³-hybridized carbons (Fsp3) is 0.556. The lowest BCUT2D eigenvalue weighted by Crippen LogP contribution is -2.19. The Morgan fingerprint density at radius 2 is 2.23 bits per heavy atom. The molecule has 13 heavy (non-hydrogen) atoms. The number of likely N-dealkylation sites (N-methyl/N-ethyl adjacent to an activating group) is 1. The van der Waals surface area contributed by atoms with E-state index in [0.717, 1.165) is 11.6 Å². The van der Waals surface area contributed by atoms with Crippen molar-refractivity contribution in [3.05, 3.63) is 17.9 Å². The lowest BCUT2D eigenvalue weighted by Gasteiger charge is -2.11. The van der Waals surface area contributed by atoms with Crippen LogP contribution in [0.4, 0.5) is 5.88 Å². The lowest BCUT2D eigenvalue weighted by atomic mass is 10.2. The third-order valence-corrected chi connectivity index (χ3v) is 1.93. The third kappa shape index (κ3) is 2.23. The van der Waals surface area contributed by atoms with Crippen LogP contribution >= 0.6 is 0 Å². The summed E-state index contributed by atoms with van der Waals surface area (Å²) >= 11 is 0. The van der Waals surface area contributed by atoms with Gasteiger partial charge in [0.05, 0.1) is 12.6 Å². The zero-order valence-electron chi connectivity index (χ0n) is 8.24. The minimum Gasteiger partial charge on any atom is -0.444 e. The van der Waals surface area contributed by atoms with Gasteiger partial charge in [0.15, 0.2) is 5.88 Å². The molecular weight excluding hydrogens is 168 g/mol. The Labute approximate surface area is 78.2 Å². The first-order valence-electron chi connectivity index (χ1n) is 4.24. The van der Waals surface area contributed by atoms with Crippen molar-refractivity contribution in [2.45, 2.75) is 6.04 Å². The Bertz CT molecular complexity index is 254. The first-order valence-corrected chi connectivity index (χ1v) is 4.24. The molecule has 1 rings (SSSR count). The van der Waals surface area contributed by atoms with Gasteiger partial charge in [-0.3, -0.25) is 0 Å². The SMILES string of the molecule is CN[C@H](CO)c1ccc(N(C)C)o1. The van der Waals surface area contributed by atoms with Crippen LogP contribution in [0.15, 0.2) is 16.5 Å². The van der Waals surface area contributed by atoms with Gasteiger partial charge in [-0.25, -0.2) is 0 Å². The van der Waals surface area contributed by atoms with Gasteiger partial charge in [0.25, 0.3) is 0 Å². The van der Waals surface area contributed by atoms with E-state index in [2.05, 4.69) is 5.32 Å². The molecule has 0 saturated heterocycles. The molecule has 2 N–H and O–H groups in total. The molecule has 1 heterocycles. The first-order chi connectivity index (χ1) is 6.19. The van der Waals surface area contributed by atoms with Crippen molar-refractivity contribution in [2.24, 2.45) is 0 Å². The molecule has 0 amide bonds. The number of anilines is 1. The van der Waals surface area contributed by atoms with Crippen molar-refractivity contribution in [3.63, 3.8) is 0 Å². The molecule has 1 atom stereocenters. The molecule has 74 valence electrons. The monoisotopic (exact) mass is 184 g/mol. The molecule has 0 radical (unpaired) electrons. The summed E-state index contributed by atoms with van der Waals surface area (Å²) < 4.78 is 5.49. The van der Waals surface area contributed by atoms with Crippen molar-refractivity contribution in [2.75, 3.05) is 32.6 Å². The molecule has 0 bridgehead atoms. The van der Waals surface area contributed by atoms with Gasteiger partial charge >= 0.3 is 0 Å². The second-order valence-corrected chi connectivity index (χ2v) is 3.09. The Balaban J connectivity index is 2.78. The van der Waals surface area contributed by atoms with Gasteiger partial charge in [0.1, 0.15) is 5.76 Å². The Morgan fingerprint density at radius 1 is 1.54 bits per heavy atom. The Hall–Kier alpha value is -1.00. The quantitative estimate of drug-likeness (QED) is 0.719. The highest BCUT2D eigenvalue weighted by atomic mass is 16.4. The summed E-state index contributed by atoms with van der Waals surface area (Å²) in [6.07, 6.45) is 0. The number of nitrogens with zero attached hydrogens (tertiary/aromatic N) is 1. The van der Waals surface area contributed by atoms with E-state index in [0.29, 0.717) is 0 Å². The van der Waals surface area contributed by atoms with Crippen molar-refractivity contribution in [1.29, 1.82) is 0 Å². The lowest BCUT2D eigenvalue weighted by molar-refractivity contribution is 0.234. The van der Waals surface area contributed by atoms with E-state index >= 15 is 0 Å². The fourth-order valence-corrected chi connectivity index (χ4v) is 1.09. The normalized spacial score (nSPS) is 12.9. The molecule has 4 nitrogen and oxygen atoms in total. The van der Waals surface area contributed by atoms with Gasteiger partial charge in [-0.1, -0.05) is 0 Å². The predicted octanol–water partition coefficient (Wildman–Crippen LogP) is 0.598. The highest BCUT2D eigenvalue weighted by molar-refractivity contribution is 5.34. The second kappa shape index (κ2) is 4.30. The molecule has 1 aromatic rings. The highest BCUT2D eigenvalue weighted by Crippen LogP contribution is 2.20. The summed E-state index contributed by atoms with van der Waals surface area (Å²) in [7, 11) is 5.62. The van der Waals surface area contributed by atoms with Crippen LogP contribution in [-0.4, -0.2) is 32.9 Å². The molecule has 0 aliphatic rings. The third-order valence-electron chi connectivity index (χ3n) is 1.93. The molecule has 0 saturated carbocycles. The standard InChI is InChI=1S/C9H16N2O2/c1-10-7(6-12)8-4-5-9(13-8)11(2)3/h4-5,7,10,12H,6H2,1-3H3/t7-/m1/s1. The highest BCUT2D eigenvalue weighted by Gasteiger charge is 2.12. The number of rotatable bonds is 4. The van der Waals surface area contributed by atoms with Crippen LogP contribution in [-0.2, 0) is 0 Å². The number of aliphatic hydroxyl groups excluding tert-OH is 1. The molecular formula is C9H16N2O2. The summed E-state index contributed by atoms with van der Waals surface area (Å²) in [5.41, 5.74) is 0. The average molecular weight is 184 g/mol. The van der Waals surface area contributed by atoms with E-state index < -0.39 is 0 Å². The first kappa shape index (κ1) is 10.1. The molecule has 0 fully saturated rings. The summed E-state index contributed by atoms with van der Waals surface area (Å²) in [4.78, 5) is 1.88. The van der Waals surface area contributed by atoms with E-state index in [9.17, 15) is 0 Å². The number of nitrogens with one attached hydrogen (secondary N) is 1. The van der Waals surface area contributed by atoms with Crippen LogP contribution in [0.1, 0.15) is 11.8 Å². The van der Waals surface area contributed by atoms with E-state index in [1.807, 2.05) is 31.1 Å². The number of aliphatic hydroxyl groups is 1. The summed E-state index contributed by atoms with van der Waals surface area (Å²) in [5, 5.41) is 11.9. The number of hydrogen-bond donors (Lipinski definition) is 2. The maximum absolute atomic E-state index is 8.99. The van der Waals surface area contributed by atoms with Crippen LogP contribution in [0.3, 0.4) is 0 Å². The molecule has 0 unspecified atom stereocenters. The average Bonchev–Trinajstić information content (AvgIpc) is 2.56. The van der Waals surface area contributed by atoms with Gasteiger partial charge in [-0.15, -0.1) is 0 Å². The molecule has 0 aromatic carbocycles. The molecule has 1 aromatic heterocycles. The van der Waals surface area contributed by atoms with Crippen LogP contribution in [0, 0.1) is 0 Å². The molecule has 0 spiro atoms. The van der Waals surface area contributed by atoms with Crippen LogP contribution in [0.5, 0.6) is 0 Å². The second-order valence-electron chi connectivity index (χ2n) is 3.09. The molecule has 0 aliphatic carbocycles. The number of hydrogen-bond acceptors (Lipinski definition) is 4. The Morgan fingerprint density at radius 3 is 2.62 bits per heavy atom. The zero-order chi connectivity index (χ0) is 9.84. The Kier molecular flexibility index (Phi) is 3.33. The topological polar surface area (TPSA) is 48.6 Å². The van der Waals surface area contributed by atoms with Crippen molar-refractivity contribution in [1.82, 2.24) is 5.32 Å². The smallest absolute Gasteiger partial charge is 0.195 e. The molecule has 4 heteroatoms. The van der Waals surface area contributed by atoms with E-state index in [-0.39, 0.29) is 12.6 Å². The van der Waals surface area contributed by atoms with E-state index in [1.54, 1.807) is 7.05 Å². The largest absolute Gasteiger partial charge is 0.444 e. The summed E-state index contributed by atoms with van der Waals surface area (Å²) in [6, 6.07) is 3.64. The zero-order valence-corrected chi connectivity index (χ0v) is 8.24. The maximum atomic E-state index is 8.99. The fourth-order valence-electron chi connectivity index (χ4n) is 1.09. The van der Waals surface area contributed by atoms with Crippen LogP contribution in [0.25, 0.3) is 0 Å².